The first-order valence-electron chi connectivity index (χ1n) is 5.61. The second-order valence-corrected chi connectivity index (χ2v) is 4.70. The number of halogens is 1. The number of aliphatic hydroxyl groups excluding tert-OH is 1. The van der Waals surface area contributed by atoms with E-state index in [0.717, 1.165) is 12.6 Å². The smallest absolute Gasteiger partial charge is 0.289 e. The van der Waals surface area contributed by atoms with E-state index in [0.29, 0.717) is 12.2 Å². The first-order chi connectivity index (χ1) is 8.41. The van der Waals surface area contributed by atoms with Gasteiger partial charge in [-0.2, -0.15) is 0 Å². The van der Waals surface area contributed by atoms with Crippen molar-refractivity contribution in [3.63, 3.8) is 0 Å². The number of pyridine rings is 1. The van der Waals surface area contributed by atoms with Crippen LogP contribution in [0.2, 0.25) is 5.02 Å². The highest BCUT2D eigenvalue weighted by Crippen LogP contribution is 2.28. The third-order valence-corrected chi connectivity index (χ3v) is 3.19. The van der Waals surface area contributed by atoms with Crippen LogP contribution in [0.1, 0.15) is 26.7 Å². The van der Waals surface area contributed by atoms with E-state index in [9.17, 15) is 10.1 Å². The number of aliphatic hydroxyl groups is 1. The Kier molecular flexibility index (Phi) is 4.86. The first-order valence-corrected chi connectivity index (χ1v) is 5.98. The third-order valence-electron chi connectivity index (χ3n) is 2.90. The van der Waals surface area contributed by atoms with Gasteiger partial charge in [0, 0.05) is 18.2 Å². The fourth-order valence-electron chi connectivity index (χ4n) is 1.48. The summed E-state index contributed by atoms with van der Waals surface area (Å²) < 4.78 is 0. The molecular formula is C11H16ClN3O3. The number of nitrogens with zero attached hydrogens (tertiary/aromatic N) is 2. The van der Waals surface area contributed by atoms with Crippen LogP contribution in [-0.4, -0.2) is 27.2 Å². The Morgan fingerprint density at radius 3 is 2.78 bits per heavy atom. The molecule has 1 rings (SSSR count). The highest BCUT2D eigenvalue weighted by molar-refractivity contribution is 6.33. The van der Waals surface area contributed by atoms with Crippen LogP contribution in [0.4, 0.5) is 11.5 Å². The van der Waals surface area contributed by atoms with Crippen LogP contribution in [0.3, 0.4) is 0 Å². The van der Waals surface area contributed by atoms with E-state index in [1.807, 2.05) is 13.8 Å². The number of rotatable bonds is 6. The summed E-state index contributed by atoms with van der Waals surface area (Å²) in [5.41, 5.74) is -0.493. The molecule has 1 aromatic rings. The fraction of sp³-hybridized carbons (Fsp3) is 0.545. The lowest BCUT2D eigenvalue weighted by atomic mass is 9.95. The normalized spacial score (nSPS) is 14.0. The maximum Gasteiger partial charge on any atom is 0.289 e. The highest BCUT2D eigenvalue weighted by Gasteiger charge is 2.23. The van der Waals surface area contributed by atoms with E-state index in [2.05, 4.69) is 10.3 Å². The molecule has 18 heavy (non-hydrogen) atoms. The lowest BCUT2D eigenvalue weighted by Crippen LogP contribution is -2.35. The SMILES string of the molecule is CCC(C)(CCO)Nc1ncc([N+](=O)[O-])cc1Cl. The Bertz CT molecular complexity index is 442. The molecule has 0 aromatic carbocycles. The van der Waals surface area contributed by atoms with Crippen LogP contribution in [0.15, 0.2) is 12.3 Å². The molecule has 0 radical (unpaired) electrons. The van der Waals surface area contributed by atoms with Gasteiger partial charge in [0.25, 0.3) is 5.69 Å². The minimum atomic E-state index is -0.546. The van der Waals surface area contributed by atoms with Crippen molar-refractivity contribution < 1.29 is 10.0 Å². The van der Waals surface area contributed by atoms with Crippen LogP contribution in [0, 0.1) is 10.1 Å². The summed E-state index contributed by atoms with van der Waals surface area (Å²) in [6, 6.07) is 1.26. The summed E-state index contributed by atoms with van der Waals surface area (Å²) in [5.74, 6) is 0.389. The van der Waals surface area contributed by atoms with Crippen LogP contribution in [-0.2, 0) is 0 Å². The predicted octanol–water partition coefficient (Wildman–Crippen LogP) is 2.61. The molecular weight excluding hydrogens is 258 g/mol. The lowest BCUT2D eigenvalue weighted by Gasteiger charge is -2.29. The minimum absolute atomic E-state index is 0.0436. The van der Waals surface area contributed by atoms with Gasteiger partial charge >= 0.3 is 0 Å². The maximum atomic E-state index is 10.6. The van der Waals surface area contributed by atoms with Gasteiger partial charge in [0.1, 0.15) is 12.0 Å². The van der Waals surface area contributed by atoms with Gasteiger partial charge in [-0.15, -0.1) is 0 Å². The van der Waals surface area contributed by atoms with Crippen LogP contribution in [0.25, 0.3) is 0 Å². The maximum absolute atomic E-state index is 10.6. The standard InChI is InChI=1S/C11H16ClN3O3/c1-3-11(2,4-5-16)14-10-9(12)6-8(7-13-10)15(17)18/h6-7,16H,3-5H2,1-2H3,(H,13,14). The quantitative estimate of drug-likeness (QED) is 0.614. The van der Waals surface area contributed by atoms with Gasteiger partial charge < -0.3 is 10.4 Å². The molecule has 1 heterocycles. The fourth-order valence-corrected chi connectivity index (χ4v) is 1.69. The highest BCUT2D eigenvalue weighted by atomic mass is 35.5. The van der Waals surface area contributed by atoms with E-state index >= 15 is 0 Å². The van der Waals surface area contributed by atoms with Crippen molar-refractivity contribution in [2.75, 3.05) is 11.9 Å². The zero-order valence-electron chi connectivity index (χ0n) is 10.3. The first kappa shape index (κ1) is 14.7. The van der Waals surface area contributed by atoms with Crippen molar-refractivity contribution in [1.82, 2.24) is 4.98 Å². The molecule has 0 aliphatic heterocycles. The summed E-state index contributed by atoms with van der Waals surface area (Å²) >= 11 is 5.94. The number of hydrogen-bond donors (Lipinski definition) is 2. The molecule has 0 aliphatic rings. The van der Waals surface area contributed by atoms with E-state index in [1.165, 1.54) is 6.07 Å². The topological polar surface area (TPSA) is 88.3 Å². The average Bonchev–Trinajstić information content (AvgIpc) is 2.32. The van der Waals surface area contributed by atoms with E-state index in [1.54, 1.807) is 0 Å². The summed E-state index contributed by atoms with van der Waals surface area (Å²) in [5, 5.41) is 22.9. The molecule has 1 aromatic heterocycles. The molecule has 0 bridgehead atoms. The van der Waals surface area contributed by atoms with Crippen molar-refractivity contribution >= 4 is 23.1 Å². The summed E-state index contributed by atoms with van der Waals surface area (Å²) in [4.78, 5) is 14.0. The van der Waals surface area contributed by atoms with Crippen molar-refractivity contribution in [3.05, 3.63) is 27.4 Å². The Morgan fingerprint density at radius 1 is 1.67 bits per heavy atom. The Labute approximate surface area is 110 Å². The molecule has 2 N–H and O–H groups in total. The predicted molar refractivity (Wildman–Crippen MR) is 69.9 cm³/mol. The van der Waals surface area contributed by atoms with Crippen molar-refractivity contribution in [2.45, 2.75) is 32.2 Å². The van der Waals surface area contributed by atoms with Crippen molar-refractivity contribution in [1.29, 1.82) is 0 Å². The molecule has 7 heteroatoms. The van der Waals surface area contributed by atoms with Crippen molar-refractivity contribution in [3.8, 4) is 0 Å². The van der Waals surface area contributed by atoms with Gasteiger partial charge in [0.15, 0.2) is 0 Å². The van der Waals surface area contributed by atoms with E-state index in [-0.39, 0.29) is 22.9 Å². The number of aromatic nitrogens is 1. The van der Waals surface area contributed by atoms with Crippen molar-refractivity contribution in [2.24, 2.45) is 0 Å². The molecule has 0 aliphatic carbocycles. The molecule has 6 nitrogen and oxygen atoms in total. The van der Waals surface area contributed by atoms with E-state index < -0.39 is 4.92 Å². The monoisotopic (exact) mass is 273 g/mol. The van der Waals surface area contributed by atoms with Gasteiger partial charge in [-0.05, 0) is 19.8 Å². The van der Waals surface area contributed by atoms with E-state index in [4.69, 9.17) is 16.7 Å². The Morgan fingerprint density at radius 2 is 2.33 bits per heavy atom. The van der Waals surface area contributed by atoms with Gasteiger partial charge in [-0.3, -0.25) is 10.1 Å². The van der Waals surface area contributed by atoms with Gasteiger partial charge in [-0.1, -0.05) is 18.5 Å². The summed E-state index contributed by atoms with van der Waals surface area (Å²) in [6.45, 7) is 3.95. The zero-order valence-corrected chi connectivity index (χ0v) is 11.1. The largest absolute Gasteiger partial charge is 0.396 e. The molecule has 0 fully saturated rings. The minimum Gasteiger partial charge on any atom is -0.396 e. The zero-order chi connectivity index (χ0) is 13.8. The number of nitro groups is 1. The number of anilines is 1. The molecule has 1 atom stereocenters. The number of nitrogens with one attached hydrogen (secondary N) is 1. The molecule has 0 saturated carbocycles. The second kappa shape index (κ2) is 5.97. The second-order valence-electron chi connectivity index (χ2n) is 4.29. The molecule has 0 saturated heterocycles. The van der Waals surface area contributed by atoms with Gasteiger partial charge in [0.05, 0.1) is 9.95 Å². The summed E-state index contributed by atoms with van der Waals surface area (Å²) in [6.07, 6.45) is 2.46. The molecule has 100 valence electrons. The van der Waals surface area contributed by atoms with Gasteiger partial charge in [-0.25, -0.2) is 4.98 Å². The molecule has 0 spiro atoms. The third kappa shape index (κ3) is 3.54. The van der Waals surface area contributed by atoms with Crippen LogP contribution < -0.4 is 5.32 Å². The van der Waals surface area contributed by atoms with Crippen LogP contribution >= 0.6 is 11.6 Å². The Hall–Kier alpha value is -1.40. The molecule has 1 unspecified atom stereocenters. The Balaban J connectivity index is 2.94. The molecule has 0 amide bonds. The van der Waals surface area contributed by atoms with Crippen LogP contribution in [0.5, 0.6) is 0 Å². The van der Waals surface area contributed by atoms with Gasteiger partial charge in [0.2, 0.25) is 0 Å². The number of hydrogen-bond acceptors (Lipinski definition) is 5. The summed E-state index contributed by atoms with van der Waals surface area (Å²) in [7, 11) is 0. The lowest BCUT2D eigenvalue weighted by molar-refractivity contribution is -0.385. The average molecular weight is 274 g/mol.